The predicted octanol–water partition coefficient (Wildman–Crippen LogP) is 3.54. The predicted molar refractivity (Wildman–Crippen MR) is 68.4 cm³/mol. The van der Waals surface area contributed by atoms with E-state index >= 15 is 0 Å². The van der Waals surface area contributed by atoms with E-state index in [1.165, 1.54) is 45.2 Å². The second-order valence-electron chi connectivity index (χ2n) is 7.47. The summed E-state index contributed by atoms with van der Waals surface area (Å²) in [5.41, 5.74) is 0.563. The Hall–Kier alpha value is -0.0400. The number of hydrogen-bond acceptors (Lipinski definition) is 1. The van der Waals surface area contributed by atoms with Gasteiger partial charge >= 0.3 is 0 Å². The zero-order valence-electron chi connectivity index (χ0n) is 11.2. The van der Waals surface area contributed by atoms with Gasteiger partial charge < -0.3 is 0 Å². The SMILES string of the molecule is CC(C)(C)C1C2CN(C3CCCCC3)CC21. The maximum absolute atomic E-state index is 2.83. The van der Waals surface area contributed by atoms with Crippen LogP contribution in [-0.2, 0) is 0 Å². The molecule has 1 heteroatoms. The molecule has 0 aromatic carbocycles. The molecule has 0 aromatic heterocycles. The lowest BCUT2D eigenvalue weighted by Crippen LogP contribution is -2.38. The molecule has 0 amide bonds. The zero-order valence-corrected chi connectivity index (χ0v) is 11.2. The lowest BCUT2D eigenvalue weighted by atomic mass is 9.86. The monoisotopic (exact) mass is 221 g/mol. The minimum absolute atomic E-state index is 0.563. The van der Waals surface area contributed by atoms with E-state index < -0.39 is 0 Å². The summed E-state index contributed by atoms with van der Waals surface area (Å²) < 4.78 is 0. The van der Waals surface area contributed by atoms with Crippen LogP contribution in [0, 0.1) is 23.2 Å². The lowest BCUT2D eigenvalue weighted by molar-refractivity contribution is 0.147. The van der Waals surface area contributed by atoms with Crippen LogP contribution in [0.1, 0.15) is 52.9 Å². The summed E-state index contributed by atoms with van der Waals surface area (Å²) in [6, 6.07) is 0.960. The minimum atomic E-state index is 0.563. The second kappa shape index (κ2) is 3.73. The highest BCUT2D eigenvalue weighted by Gasteiger charge is 2.60. The van der Waals surface area contributed by atoms with Crippen molar-refractivity contribution in [2.75, 3.05) is 13.1 Å². The Morgan fingerprint density at radius 3 is 1.94 bits per heavy atom. The summed E-state index contributed by atoms with van der Waals surface area (Å²) in [6.07, 6.45) is 7.43. The molecule has 2 aliphatic carbocycles. The average molecular weight is 221 g/mol. The van der Waals surface area contributed by atoms with Gasteiger partial charge in [-0.25, -0.2) is 0 Å². The molecule has 0 N–H and O–H groups in total. The van der Waals surface area contributed by atoms with Gasteiger partial charge in [0.25, 0.3) is 0 Å². The topological polar surface area (TPSA) is 3.24 Å². The molecule has 2 unspecified atom stereocenters. The summed E-state index contributed by atoms with van der Waals surface area (Å²) in [5, 5.41) is 0. The molecule has 1 nitrogen and oxygen atoms in total. The molecule has 3 fully saturated rings. The van der Waals surface area contributed by atoms with Gasteiger partial charge in [-0.05, 0) is 36.0 Å². The highest BCUT2D eigenvalue weighted by molar-refractivity contribution is 5.10. The number of likely N-dealkylation sites (tertiary alicyclic amines) is 1. The number of piperidine rings is 1. The van der Waals surface area contributed by atoms with Crippen LogP contribution < -0.4 is 0 Å². The van der Waals surface area contributed by atoms with Crippen LogP contribution in [0.2, 0.25) is 0 Å². The molecule has 1 aliphatic heterocycles. The molecule has 1 saturated heterocycles. The van der Waals surface area contributed by atoms with E-state index in [0.29, 0.717) is 5.41 Å². The van der Waals surface area contributed by atoms with Crippen molar-refractivity contribution >= 4 is 0 Å². The zero-order chi connectivity index (χ0) is 11.3. The summed E-state index contributed by atoms with van der Waals surface area (Å²) >= 11 is 0. The van der Waals surface area contributed by atoms with E-state index in [1.807, 2.05) is 0 Å². The van der Waals surface area contributed by atoms with Gasteiger partial charge in [0.1, 0.15) is 0 Å². The first-order chi connectivity index (χ1) is 7.57. The van der Waals surface area contributed by atoms with Gasteiger partial charge in [-0.1, -0.05) is 40.0 Å². The van der Waals surface area contributed by atoms with Crippen LogP contribution >= 0.6 is 0 Å². The molecule has 0 spiro atoms. The first-order valence-corrected chi connectivity index (χ1v) is 7.31. The molecular formula is C15H27N. The smallest absolute Gasteiger partial charge is 0.00954 e. The standard InChI is InChI=1S/C15H27N/c1-15(2,3)14-12-9-16(10-13(12)14)11-7-5-4-6-8-11/h11-14H,4-10H2,1-3H3. The van der Waals surface area contributed by atoms with Crippen LogP contribution in [0.4, 0.5) is 0 Å². The Morgan fingerprint density at radius 2 is 1.44 bits per heavy atom. The van der Waals surface area contributed by atoms with Crippen molar-refractivity contribution in [3.8, 4) is 0 Å². The molecule has 3 aliphatic rings. The Morgan fingerprint density at radius 1 is 0.875 bits per heavy atom. The fourth-order valence-corrected chi connectivity index (χ4v) is 4.59. The van der Waals surface area contributed by atoms with E-state index in [2.05, 4.69) is 25.7 Å². The third kappa shape index (κ3) is 1.81. The molecule has 3 rings (SSSR count). The summed E-state index contributed by atoms with van der Waals surface area (Å²) in [4.78, 5) is 2.83. The molecular weight excluding hydrogens is 194 g/mol. The first-order valence-electron chi connectivity index (χ1n) is 7.31. The third-order valence-electron chi connectivity index (χ3n) is 5.31. The Balaban J connectivity index is 1.54. The van der Waals surface area contributed by atoms with Crippen LogP contribution in [0.15, 0.2) is 0 Å². The van der Waals surface area contributed by atoms with Crippen LogP contribution in [0.3, 0.4) is 0 Å². The Bertz CT molecular complexity index is 247. The molecule has 2 saturated carbocycles. The summed E-state index contributed by atoms with van der Waals surface area (Å²) in [7, 11) is 0. The number of hydrogen-bond donors (Lipinski definition) is 0. The maximum atomic E-state index is 2.83. The molecule has 0 radical (unpaired) electrons. The fourth-order valence-electron chi connectivity index (χ4n) is 4.59. The van der Waals surface area contributed by atoms with E-state index in [9.17, 15) is 0 Å². The van der Waals surface area contributed by atoms with Gasteiger partial charge in [0.2, 0.25) is 0 Å². The van der Waals surface area contributed by atoms with E-state index in [1.54, 1.807) is 0 Å². The Kier molecular flexibility index (Phi) is 2.58. The van der Waals surface area contributed by atoms with Crippen molar-refractivity contribution in [1.29, 1.82) is 0 Å². The molecule has 16 heavy (non-hydrogen) atoms. The molecule has 1 heterocycles. The van der Waals surface area contributed by atoms with Gasteiger partial charge in [0.05, 0.1) is 0 Å². The van der Waals surface area contributed by atoms with Crippen molar-refractivity contribution in [2.45, 2.75) is 58.9 Å². The largest absolute Gasteiger partial charge is 0.300 e. The van der Waals surface area contributed by atoms with Crippen LogP contribution in [0.25, 0.3) is 0 Å². The van der Waals surface area contributed by atoms with E-state index in [-0.39, 0.29) is 0 Å². The highest BCUT2D eigenvalue weighted by Crippen LogP contribution is 2.60. The number of nitrogens with zero attached hydrogens (tertiary/aromatic N) is 1. The van der Waals surface area contributed by atoms with Crippen molar-refractivity contribution in [3.05, 3.63) is 0 Å². The fraction of sp³-hybridized carbons (Fsp3) is 1.00. The minimum Gasteiger partial charge on any atom is -0.300 e. The molecule has 0 aromatic rings. The first kappa shape index (κ1) is 11.1. The Labute approximate surface area is 101 Å². The lowest BCUT2D eigenvalue weighted by Gasteiger charge is -2.34. The average Bonchev–Trinajstić information content (AvgIpc) is 2.78. The van der Waals surface area contributed by atoms with Crippen LogP contribution in [0.5, 0.6) is 0 Å². The van der Waals surface area contributed by atoms with Crippen molar-refractivity contribution in [2.24, 2.45) is 23.2 Å². The van der Waals surface area contributed by atoms with Crippen molar-refractivity contribution in [1.82, 2.24) is 4.90 Å². The second-order valence-corrected chi connectivity index (χ2v) is 7.47. The van der Waals surface area contributed by atoms with E-state index in [4.69, 9.17) is 0 Å². The summed E-state index contributed by atoms with van der Waals surface area (Å²) in [6.45, 7) is 10.2. The van der Waals surface area contributed by atoms with Crippen LogP contribution in [-0.4, -0.2) is 24.0 Å². The maximum Gasteiger partial charge on any atom is 0.00954 e. The van der Waals surface area contributed by atoms with Gasteiger partial charge in [0.15, 0.2) is 0 Å². The quantitative estimate of drug-likeness (QED) is 0.654. The molecule has 92 valence electrons. The highest BCUT2D eigenvalue weighted by atomic mass is 15.2. The van der Waals surface area contributed by atoms with Gasteiger partial charge in [-0.2, -0.15) is 0 Å². The van der Waals surface area contributed by atoms with Crippen molar-refractivity contribution in [3.63, 3.8) is 0 Å². The van der Waals surface area contributed by atoms with Crippen molar-refractivity contribution < 1.29 is 0 Å². The number of fused-ring (bicyclic) bond motifs is 1. The number of rotatable bonds is 1. The van der Waals surface area contributed by atoms with Gasteiger partial charge in [-0.15, -0.1) is 0 Å². The van der Waals surface area contributed by atoms with Gasteiger partial charge in [0, 0.05) is 19.1 Å². The molecule has 0 bridgehead atoms. The van der Waals surface area contributed by atoms with Gasteiger partial charge in [-0.3, -0.25) is 4.90 Å². The summed E-state index contributed by atoms with van der Waals surface area (Å²) in [5.74, 6) is 3.15. The van der Waals surface area contributed by atoms with E-state index in [0.717, 1.165) is 23.8 Å². The third-order valence-corrected chi connectivity index (χ3v) is 5.31. The molecule has 2 atom stereocenters. The normalized spacial score (nSPS) is 41.1.